The average Bonchev–Trinajstić information content (AvgIpc) is 2.73. The van der Waals surface area contributed by atoms with Crippen molar-refractivity contribution in [1.29, 1.82) is 0 Å². The van der Waals surface area contributed by atoms with Gasteiger partial charge in [0.05, 0.1) is 17.6 Å². The second-order valence-corrected chi connectivity index (χ2v) is 6.55. The number of halogens is 1. The molecule has 0 bridgehead atoms. The molecule has 0 amide bonds. The van der Waals surface area contributed by atoms with Crippen LogP contribution in [0.25, 0.3) is 5.69 Å². The van der Waals surface area contributed by atoms with Crippen LogP contribution >= 0.6 is 15.9 Å². The Kier molecular flexibility index (Phi) is 4.06. The Morgan fingerprint density at radius 2 is 2.05 bits per heavy atom. The quantitative estimate of drug-likeness (QED) is 0.943. The molecule has 0 atom stereocenters. The summed E-state index contributed by atoms with van der Waals surface area (Å²) < 4.78 is 2.89. The molecule has 19 heavy (non-hydrogen) atoms. The molecule has 0 saturated heterocycles. The first-order chi connectivity index (χ1) is 8.87. The minimum atomic E-state index is 0.0691. The van der Waals surface area contributed by atoms with Gasteiger partial charge in [0.2, 0.25) is 0 Å². The molecular weight excluding hydrogens is 304 g/mol. The highest BCUT2D eigenvalue weighted by Gasteiger charge is 2.13. The highest BCUT2D eigenvalue weighted by molar-refractivity contribution is 9.10. The van der Waals surface area contributed by atoms with Gasteiger partial charge in [0.15, 0.2) is 0 Å². The van der Waals surface area contributed by atoms with E-state index in [2.05, 4.69) is 77.5 Å². The molecule has 0 unspecified atom stereocenters. The van der Waals surface area contributed by atoms with Crippen LogP contribution in [0.3, 0.4) is 0 Å². The maximum atomic E-state index is 4.17. The number of benzene rings is 1. The lowest BCUT2D eigenvalue weighted by molar-refractivity contribution is 0.418. The van der Waals surface area contributed by atoms with Crippen molar-refractivity contribution in [3.63, 3.8) is 0 Å². The van der Waals surface area contributed by atoms with Crippen LogP contribution in [0, 0.1) is 6.92 Å². The van der Waals surface area contributed by atoms with Gasteiger partial charge in [-0.05, 0) is 61.3 Å². The van der Waals surface area contributed by atoms with E-state index in [4.69, 9.17) is 0 Å². The molecule has 2 aromatic rings. The number of rotatable bonds is 3. The summed E-state index contributed by atoms with van der Waals surface area (Å²) >= 11 is 3.58. The molecule has 4 nitrogen and oxygen atoms in total. The molecule has 1 aromatic carbocycles. The van der Waals surface area contributed by atoms with Crippen LogP contribution < -0.4 is 5.32 Å². The van der Waals surface area contributed by atoms with Gasteiger partial charge in [-0.2, -0.15) is 0 Å². The van der Waals surface area contributed by atoms with Crippen molar-refractivity contribution in [2.75, 3.05) is 0 Å². The van der Waals surface area contributed by atoms with Crippen LogP contribution in [0.15, 0.2) is 28.9 Å². The molecule has 0 aliphatic heterocycles. The number of hydrogen-bond donors (Lipinski definition) is 1. The molecular formula is C14H19BrN4. The fraction of sp³-hybridized carbons (Fsp3) is 0.429. The largest absolute Gasteiger partial charge is 0.306 e. The SMILES string of the molecule is Cc1ccc(-n2nncc2CNC(C)(C)C)c(Br)c1. The van der Waals surface area contributed by atoms with Crippen molar-refractivity contribution in [3.05, 3.63) is 40.1 Å². The van der Waals surface area contributed by atoms with Crippen molar-refractivity contribution in [3.8, 4) is 5.69 Å². The third-order valence-corrected chi connectivity index (χ3v) is 3.39. The summed E-state index contributed by atoms with van der Waals surface area (Å²) in [5.74, 6) is 0. The number of nitrogens with one attached hydrogen (secondary N) is 1. The zero-order valence-corrected chi connectivity index (χ0v) is 13.3. The summed E-state index contributed by atoms with van der Waals surface area (Å²) in [4.78, 5) is 0. The predicted molar refractivity (Wildman–Crippen MR) is 80.4 cm³/mol. The molecule has 0 radical (unpaired) electrons. The molecule has 0 saturated carbocycles. The van der Waals surface area contributed by atoms with E-state index in [0.29, 0.717) is 0 Å². The third kappa shape index (κ3) is 3.64. The first-order valence-electron chi connectivity index (χ1n) is 6.28. The van der Waals surface area contributed by atoms with Crippen LogP contribution in [0.1, 0.15) is 32.0 Å². The average molecular weight is 323 g/mol. The molecule has 0 spiro atoms. The van der Waals surface area contributed by atoms with Gasteiger partial charge in [0.25, 0.3) is 0 Å². The maximum Gasteiger partial charge on any atom is 0.0809 e. The Bertz CT molecular complexity index is 569. The topological polar surface area (TPSA) is 42.7 Å². The molecule has 1 aromatic heterocycles. The van der Waals surface area contributed by atoms with Gasteiger partial charge >= 0.3 is 0 Å². The lowest BCUT2D eigenvalue weighted by Crippen LogP contribution is -2.35. The Labute approximate surface area is 122 Å². The minimum absolute atomic E-state index is 0.0691. The van der Waals surface area contributed by atoms with Crippen molar-refractivity contribution in [2.45, 2.75) is 39.8 Å². The number of aryl methyl sites for hydroxylation is 1. The van der Waals surface area contributed by atoms with E-state index in [1.807, 2.05) is 4.68 Å². The molecule has 5 heteroatoms. The van der Waals surface area contributed by atoms with E-state index in [0.717, 1.165) is 22.4 Å². The standard InChI is InChI=1S/C14H19BrN4/c1-10-5-6-13(12(15)7-10)19-11(9-17-18-19)8-16-14(2,3)4/h5-7,9,16H,8H2,1-4H3. The maximum absolute atomic E-state index is 4.17. The van der Waals surface area contributed by atoms with Crippen molar-refractivity contribution < 1.29 is 0 Å². The Balaban J connectivity index is 2.28. The normalized spacial score (nSPS) is 11.8. The van der Waals surface area contributed by atoms with Crippen LogP contribution in [0.2, 0.25) is 0 Å². The molecule has 0 aliphatic carbocycles. The minimum Gasteiger partial charge on any atom is -0.306 e. The lowest BCUT2D eigenvalue weighted by Gasteiger charge is -2.20. The number of hydrogen-bond acceptors (Lipinski definition) is 3. The van der Waals surface area contributed by atoms with E-state index in [9.17, 15) is 0 Å². The van der Waals surface area contributed by atoms with Gasteiger partial charge in [-0.15, -0.1) is 5.10 Å². The van der Waals surface area contributed by atoms with E-state index in [1.54, 1.807) is 6.20 Å². The van der Waals surface area contributed by atoms with Crippen molar-refractivity contribution >= 4 is 15.9 Å². The highest BCUT2D eigenvalue weighted by atomic mass is 79.9. The van der Waals surface area contributed by atoms with E-state index in [-0.39, 0.29) is 5.54 Å². The van der Waals surface area contributed by atoms with Gasteiger partial charge in [-0.3, -0.25) is 0 Å². The van der Waals surface area contributed by atoms with Gasteiger partial charge in [0, 0.05) is 16.6 Å². The van der Waals surface area contributed by atoms with Crippen molar-refractivity contribution in [2.24, 2.45) is 0 Å². The molecule has 1 N–H and O–H groups in total. The second kappa shape index (κ2) is 5.43. The summed E-state index contributed by atoms with van der Waals surface area (Å²) in [5.41, 5.74) is 3.33. The molecule has 1 heterocycles. The molecule has 0 fully saturated rings. The fourth-order valence-corrected chi connectivity index (χ4v) is 2.38. The van der Waals surface area contributed by atoms with Gasteiger partial charge in [0.1, 0.15) is 0 Å². The summed E-state index contributed by atoms with van der Waals surface area (Å²) in [6.07, 6.45) is 1.80. The van der Waals surface area contributed by atoms with Crippen LogP contribution in [-0.4, -0.2) is 20.5 Å². The van der Waals surface area contributed by atoms with Gasteiger partial charge in [-0.25, -0.2) is 4.68 Å². The smallest absolute Gasteiger partial charge is 0.0809 e. The highest BCUT2D eigenvalue weighted by Crippen LogP contribution is 2.22. The monoisotopic (exact) mass is 322 g/mol. The summed E-state index contributed by atoms with van der Waals surface area (Å²) in [6, 6.07) is 6.20. The number of nitrogens with zero attached hydrogens (tertiary/aromatic N) is 3. The molecule has 2 rings (SSSR count). The third-order valence-electron chi connectivity index (χ3n) is 2.75. The van der Waals surface area contributed by atoms with E-state index >= 15 is 0 Å². The Morgan fingerprint density at radius 1 is 1.32 bits per heavy atom. The van der Waals surface area contributed by atoms with Crippen molar-refractivity contribution in [1.82, 2.24) is 20.3 Å². The molecule has 0 aliphatic rings. The Morgan fingerprint density at radius 3 is 2.68 bits per heavy atom. The van der Waals surface area contributed by atoms with Crippen LogP contribution in [-0.2, 0) is 6.54 Å². The zero-order valence-electron chi connectivity index (χ0n) is 11.7. The predicted octanol–water partition coefficient (Wildman–Crippen LogP) is 3.23. The fourth-order valence-electron chi connectivity index (χ4n) is 1.72. The summed E-state index contributed by atoms with van der Waals surface area (Å²) in [6.45, 7) is 9.23. The summed E-state index contributed by atoms with van der Waals surface area (Å²) in [7, 11) is 0. The van der Waals surface area contributed by atoms with E-state index in [1.165, 1.54) is 5.56 Å². The Hall–Kier alpha value is -1.20. The van der Waals surface area contributed by atoms with E-state index < -0.39 is 0 Å². The second-order valence-electron chi connectivity index (χ2n) is 5.70. The van der Waals surface area contributed by atoms with Gasteiger partial charge in [-0.1, -0.05) is 11.3 Å². The number of aromatic nitrogens is 3. The van der Waals surface area contributed by atoms with Crippen LogP contribution in [0.4, 0.5) is 0 Å². The summed E-state index contributed by atoms with van der Waals surface area (Å²) in [5, 5.41) is 11.6. The lowest BCUT2D eigenvalue weighted by atomic mass is 10.1. The first kappa shape index (κ1) is 14.2. The first-order valence-corrected chi connectivity index (χ1v) is 7.07. The van der Waals surface area contributed by atoms with Gasteiger partial charge < -0.3 is 5.32 Å². The molecule has 102 valence electrons. The zero-order chi connectivity index (χ0) is 14.0. The van der Waals surface area contributed by atoms with Crippen LogP contribution in [0.5, 0.6) is 0 Å².